The number of nitrogens with one attached hydrogen (secondary N) is 1. The molecule has 10 heteroatoms. The number of nitrogens with zero attached hydrogens (tertiary/aromatic N) is 3. The number of amides is 1. The van der Waals surface area contributed by atoms with Crippen LogP contribution in [0.1, 0.15) is 61.8 Å². The van der Waals surface area contributed by atoms with Gasteiger partial charge in [0.15, 0.2) is 0 Å². The van der Waals surface area contributed by atoms with Crippen LogP contribution in [0.25, 0.3) is 10.9 Å². The Morgan fingerprint density at radius 3 is 2.66 bits per heavy atom. The van der Waals surface area contributed by atoms with Crippen LogP contribution in [0.5, 0.6) is 5.88 Å². The number of pyridine rings is 2. The summed E-state index contributed by atoms with van der Waals surface area (Å²) >= 11 is 0. The number of fused-ring (bicyclic) bond motifs is 1. The second-order valence-corrected chi connectivity index (χ2v) is 10.1. The lowest BCUT2D eigenvalue weighted by atomic mass is 9.90. The number of aromatic carboxylic acids is 1. The van der Waals surface area contributed by atoms with Gasteiger partial charge in [-0.1, -0.05) is 6.07 Å². The van der Waals surface area contributed by atoms with Crippen molar-refractivity contribution < 1.29 is 23.8 Å². The van der Waals surface area contributed by atoms with Crippen LogP contribution < -0.4 is 20.4 Å². The number of benzene rings is 1. The van der Waals surface area contributed by atoms with Gasteiger partial charge in [-0.15, -0.1) is 0 Å². The van der Waals surface area contributed by atoms with Crippen molar-refractivity contribution in [3.8, 4) is 5.88 Å². The Bertz CT molecular complexity index is 1400. The molecular weight excluding hydrogens is 491 g/mol. The summed E-state index contributed by atoms with van der Waals surface area (Å²) in [6.45, 7) is 2.47. The fourth-order valence-electron chi connectivity index (χ4n) is 5.76. The van der Waals surface area contributed by atoms with Gasteiger partial charge >= 0.3 is 5.97 Å². The standard InChI is InChI=1S/C28H31FN4O5/c1-17(34)31-18-7-9-19(10-8-18)33-15-22(28(36)37)27(35)21-13-23(29)25(14-24(21)33)32-12-4-5-20(32)16-38-26-6-2-3-11-30-26/h2-3,6,11,13-15,18-20H,4-5,7-10,12,16H2,1H3,(H,31,34)(H,36,37)/t18?,19?,20-/m1/s1. The lowest BCUT2D eigenvalue weighted by Gasteiger charge is -2.32. The highest BCUT2D eigenvalue weighted by Crippen LogP contribution is 2.35. The molecule has 2 aromatic heterocycles. The summed E-state index contributed by atoms with van der Waals surface area (Å²) in [6, 6.07) is 8.18. The summed E-state index contributed by atoms with van der Waals surface area (Å²) in [4.78, 5) is 42.6. The van der Waals surface area contributed by atoms with Crippen LogP contribution in [-0.2, 0) is 4.79 Å². The molecule has 38 heavy (non-hydrogen) atoms. The van der Waals surface area contributed by atoms with E-state index in [2.05, 4.69) is 10.3 Å². The summed E-state index contributed by atoms with van der Waals surface area (Å²) < 4.78 is 23.2. The maximum Gasteiger partial charge on any atom is 0.341 e. The highest BCUT2D eigenvalue weighted by atomic mass is 19.1. The fourth-order valence-corrected chi connectivity index (χ4v) is 5.76. The average molecular weight is 523 g/mol. The van der Waals surface area contributed by atoms with Crippen LogP contribution in [0.4, 0.5) is 10.1 Å². The molecule has 0 unspecified atom stereocenters. The quantitative estimate of drug-likeness (QED) is 0.484. The van der Waals surface area contributed by atoms with E-state index < -0.39 is 17.2 Å². The SMILES string of the molecule is CC(=O)NC1CCC(n2cc(C(=O)O)c(=O)c3cc(F)c(N4CCC[C@@H]4COc4ccccn4)cc32)CC1. The van der Waals surface area contributed by atoms with Crippen molar-refractivity contribution in [2.45, 2.75) is 63.6 Å². The molecule has 1 aliphatic carbocycles. The molecule has 2 fully saturated rings. The molecule has 3 aromatic rings. The number of aromatic nitrogens is 2. The molecule has 1 atom stereocenters. The topological polar surface area (TPSA) is 114 Å². The third-order valence-electron chi connectivity index (χ3n) is 7.58. The van der Waals surface area contributed by atoms with Gasteiger partial charge in [0.25, 0.3) is 0 Å². The molecule has 2 N–H and O–H groups in total. The molecule has 1 saturated carbocycles. The van der Waals surface area contributed by atoms with E-state index in [-0.39, 0.29) is 35.0 Å². The molecule has 5 rings (SSSR count). The largest absolute Gasteiger partial charge is 0.477 e. The molecule has 0 spiro atoms. The van der Waals surface area contributed by atoms with Gasteiger partial charge in [-0.25, -0.2) is 14.2 Å². The van der Waals surface area contributed by atoms with Crippen molar-refractivity contribution in [3.63, 3.8) is 0 Å². The number of carboxylic acids is 1. The number of ether oxygens (including phenoxy) is 1. The molecule has 1 amide bonds. The fraction of sp³-hybridized carbons (Fsp3) is 0.429. The molecule has 0 bridgehead atoms. The Morgan fingerprint density at radius 1 is 1.18 bits per heavy atom. The van der Waals surface area contributed by atoms with Crippen molar-refractivity contribution in [3.05, 3.63) is 64.3 Å². The van der Waals surface area contributed by atoms with E-state index in [4.69, 9.17) is 4.74 Å². The van der Waals surface area contributed by atoms with Crippen molar-refractivity contribution in [1.29, 1.82) is 0 Å². The Balaban J connectivity index is 1.50. The summed E-state index contributed by atoms with van der Waals surface area (Å²) in [5.74, 6) is -1.48. The molecular formula is C28H31FN4O5. The molecule has 1 aromatic carbocycles. The van der Waals surface area contributed by atoms with Crippen molar-refractivity contribution in [2.75, 3.05) is 18.1 Å². The second-order valence-electron chi connectivity index (χ2n) is 10.1. The highest BCUT2D eigenvalue weighted by Gasteiger charge is 2.30. The maximum atomic E-state index is 15.5. The Morgan fingerprint density at radius 2 is 1.97 bits per heavy atom. The average Bonchev–Trinajstić information content (AvgIpc) is 3.37. The predicted octanol–water partition coefficient (Wildman–Crippen LogP) is 3.90. The maximum absolute atomic E-state index is 15.5. The second kappa shape index (κ2) is 10.8. The van der Waals surface area contributed by atoms with Gasteiger partial charge in [0.1, 0.15) is 18.0 Å². The Labute approximate surface area is 219 Å². The summed E-state index contributed by atoms with van der Waals surface area (Å²) in [5.41, 5.74) is -0.197. The van der Waals surface area contributed by atoms with Crippen LogP contribution in [0.15, 0.2) is 47.5 Å². The number of hydrogen-bond acceptors (Lipinski definition) is 6. The normalized spacial score (nSPS) is 21.4. The number of rotatable bonds is 7. The summed E-state index contributed by atoms with van der Waals surface area (Å²) in [7, 11) is 0. The lowest BCUT2D eigenvalue weighted by Crippen LogP contribution is -2.37. The van der Waals surface area contributed by atoms with Crippen LogP contribution in [0, 0.1) is 5.82 Å². The van der Waals surface area contributed by atoms with Gasteiger partial charge in [0.05, 0.1) is 17.2 Å². The Hall–Kier alpha value is -3.95. The third-order valence-corrected chi connectivity index (χ3v) is 7.58. The smallest absolute Gasteiger partial charge is 0.341 e. The van der Waals surface area contributed by atoms with E-state index in [1.165, 1.54) is 19.2 Å². The van der Waals surface area contributed by atoms with Gasteiger partial charge in [-0.3, -0.25) is 9.59 Å². The zero-order valence-electron chi connectivity index (χ0n) is 21.2. The van der Waals surface area contributed by atoms with E-state index in [0.29, 0.717) is 43.1 Å². The molecule has 9 nitrogen and oxygen atoms in total. The van der Waals surface area contributed by atoms with E-state index in [9.17, 15) is 19.5 Å². The minimum atomic E-state index is -1.34. The first-order valence-electron chi connectivity index (χ1n) is 13.0. The first-order valence-corrected chi connectivity index (χ1v) is 13.0. The zero-order chi connectivity index (χ0) is 26.8. The van der Waals surface area contributed by atoms with Crippen LogP contribution >= 0.6 is 0 Å². The third kappa shape index (κ3) is 5.20. The number of anilines is 1. The van der Waals surface area contributed by atoms with Gasteiger partial charge in [0, 0.05) is 49.4 Å². The van der Waals surface area contributed by atoms with E-state index in [1.54, 1.807) is 24.4 Å². The molecule has 1 saturated heterocycles. The molecule has 2 aliphatic rings. The van der Waals surface area contributed by atoms with Crippen molar-refractivity contribution in [2.24, 2.45) is 0 Å². The van der Waals surface area contributed by atoms with Crippen molar-refractivity contribution >= 4 is 28.5 Å². The molecule has 3 heterocycles. The minimum Gasteiger partial charge on any atom is -0.477 e. The molecule has 0 radical (unpaired) electrons. The van der Waals surface area contributed by atoms with Crippen LogP contribution in [0.3, 0.4) is 0 Å². The summed E-state index contributed by atoms with van der Waals surface area (Å²) in [6.07, 6.45) is 7.58. The molecule has 1 aliphatic heterocycles. The van der Waals surface area contributed by atoms with Gasteiger partial charge in [-0.2, -0.15) is 0 Å². The summed E-state index contributed by atoms with van der Waals surface area (Å²) in [5, 5.41) is 12.7. The number of halogens is 1. The monoisotopic (exact) mass is 522 g/mol. The minimum absolute atomic E-state index is 0.0515. The first-order chi connectivity index (χ1) is 18.3. The van der Waals surface area contributed by atoms with E-state index >= 15 is 4.39 Å². The van der Waals surface area contributed by atoms with E-state index in [0.717, 1.165) is 25.7 Å². The Kier molecular flexibility index (Phi) is 7.31. The first kappa shape index (κ1) is 25.7. The van der Waals surface area contributed by atoms with Gasteiger partial charge in [0.2, 0.25) is 17.2 Å². The lowest BCUT2D eigenvalue weighted by molar-refractivity contribution is -0.119. The molecule has 200 valence electrons. The van der Waals surface area contributed by atoms with E-state index in [1.807, 2.05) is 15.5 Å². The van der Waals surface area contributed by atoms with Crippen LogP contribution in [-0.4, -0.2) is 51.8 Å². The van der Waals surface area contributed by atoms with Gasteiger partial charge < -0.3 is 24.6 Å². The number of carbonyl (C=O) groups excluding carboxylic acids is 1. The predicted molar refractivity (Wildman–Crippen MR) is 140 cm³/mol. The number of hydrogen-bond donors (Lipinski definition) is 2. The highest BCUT2D eigenvalue weighted by molar-refractivity contribution is 5.93. The van der Waals surface area contributed by atoms with Gasteiger partial charge in [-0.05, 0) is 56.7 Å². The zero-order valence-corrected chi connectivity index (χ0v) is 21.2. The van der Waals surface area contributed by atoms with Crippen molar-refractivity contribution in [1.82, 2.24) is 14.9 Å². The number of carboxylic acid groups (broad SMARTS) is 1. The number of carbonyl (C=O) groups is 2. The van der Waals surface area contributed by atoms with Crippen LogP contribution in [0.2, 0.25) is 0 Å².